The molecule has 3 N–H and O–H groups in total. The summed E-state index contributed by atoms with van der Waals surface area (Å²) in [4.78, 5) is 2.18. The van der Waals surface area contributed by atoms with Crippen LogP contribution in [0.15, 0.2) is 5.10 Å². The Labute approximate surface area is 86.3 Å². The highest BCUT2D eigenvalue weighted by atomic mass is 16.5. The Hall–Kier alpha value is -0.650. The SMILES string of the molecule is COCCN/N=C\CCN(C)CCN. The van der Waals surface area contributed by atoms with Crippen LogP contribution in [-0.4, -0.2) is 58.1 Å². The van der Waals surface area contributed by atoms with Gasteiger partial charge in [-0.25, -0.2) is 0 Å². The summed E-state index contributed by atoms with van der Waals surface area (Å²) >= 11 is 0. The van der Waals surface area contributed by atoms with Crippen LogP contribution in [-0.2, 0) is 4.74 Å². The zero-order valence-electron chi connectivity index (χ0n) is 9.20. The topological polar surface area (TPSA) is 62.9 Å². The lowest BCUT2D eigenvalue weighted by Gasteiger charge is -2.12. The Morgan fingerprint density at radius 3 is 2.93 bits per heavy atom. The van der Waals surface area contributed by atoms with Crippen molar-refractivity contribution in [1.29, 1.82) is 0 Å². The normalized spacial score (nSPS) is 11.4. The molecule has 14 heavy (non-hydrogen) atoms. The summed E-state index contributed by atoms with van der Waals surface area (Å²) in [7, 11) is 3.73. The number of rotatable bonds is 9. The van der Waals surface area contributed by atoms with Gasteiger partial charge in [-0.1, -0.05) is 0 Å². The molecule has 0 rings (SSSR count). The molecule has 5 nitrogen and oxygen atoms in total. The molecule has 0 unspecified atom stereocenters. The lowest BCUT2D eigenvalue weighted by Crippen LogP contribution is -2.26. The minimum atomic E-state index is 0.685. The smallest absolute Gasteiger partial charge is 0.0652 e. The molecule has 0 amide bonds. The molecular weight excluding hydrogens is 180 g/mol. The standard InChI is InChI=1S/C9H22N4O/c1-13(8-4-10)7-3-5-11-12-6-9-14-2/h5,12H,3-4,6-10H2,1-2H3/b11-5-. The average molecular weight is 202 g/mol. The van der Waals surface area contributed by atoms with E-state index in [0.29, 0.717) is 13.2 Å². The predicted octanol–water partition coefficient (Wildman–Crippen LogP) is -0.511. The molecule has 0 bridgehead atoms. The first kappa shape index (κ1) is 13.4. The van der Waals surface area contributed by atoms with E-state index < -0.39 is 0 Å². The summed E-state index contributed by atoms with van der Waals surface area (Å²) in [6.45, 7) is 4.08. The van der Waals surface area contributed by atoms with Crippen molar-refractivity contribution in [2.45, 2.75) is 6.42 Å². The molecular formula is C9H22N4O. The fraction of sp³-hybridized carbons (Fsp3) is 0.889. The van der Waals surface area contributed by atoms with E-state index in [9.17, 15) is 0 Å². The number of ether oxygens (including phenoxy) is 1. The van der Waals surface area contributed by atoms with Crippen LogP contribution in [0.1, 0.15) is 6.42 Å². The highest BCUT2D eigenvalue weighted by Crippen LogP contribution is 1.82. The van der Waals surface area contributed by atoms with E-state index >= 15 is 0 Å². The molecule has 0 heterocycles. The summed E-state index contributed by atoms with van der Waals surface area (Å²) in [6.07, 6.45) is 2.82. The van der Waals surface area contributed by atoms with Crippen LogP contribution in [0.2, 0.25) is 0 Å². The molecule has 0 atom stereocenters. The van der Waals surface area contributed by atoms with Crippen molar-refractivity contribution in [3.63, 3.8) is 0 Å². The fourth-order valence-electron chi connectivity index (χ4n) is 0.952. The second-order valence-corrected chi connectivity index (χ2v) is 3.09. The molecule has 84 valence electrons. The van der Waals surface area contributed by atoms with E-state index in [1.165, 1.54) is 0 Å². The third-order valence-electron chi connectivity index (χ3n) is 1.75. The van der Waals surface area contributed by atoms with Gasteiger partial charge in [0.05, 0.1) is 13.2 Å². The van der Waals surface area contributed by atoms with Gasteiger partial charge in [-0.05, 0) is 13.5 Å². The third kappa shape index (κ3) is 9.44. The number of hydrogen-bond donors (Lipinski definition) is 2. The van der Waals surface area contributed by atoms with Gasteiger partial charge in [-0.2, -0.15) is 5.10 Å². The van der Waals surface area contributed by atoms with Gasteiger partial charge in [-0.3, -0.25) is 0 Å². The van der Waals surface area contributed by atoms with Gasteiger partial charge in [0.25, 0.3) is 0 Å². The number of likely N-dealkylation sites (N-methyl/N-ethyl adjacent to an activating group) is 1. The maximum atomic E-state index is 5.41. The van der Waals surface area contributed by atoms with Crippen molar-refractivity contribution < 1.29 is 4.74 Å². The number of hydrogen-bond acceptors (Lipinski definition) is 5. The quantitative estimate of drug-likeness (QED) is 0.300. The molecule has 0 radical (unpaired) electrons. The summed E-state index contributed by atoms with van der Waals surface area (Å²) in [6, 6.07) is 0. The van der Waals surface area contributed by atoms with Crippen molar-refractivity contribution in [1.82, 2.24) is 10.3 Å². The molecule has 0 saturated carbocycles. The van der Waals surface area contributed by atoms with E-state index in [1.807, 2.05) is 6.21 Å². The number of nitrogens with two attached hydrogens (primary N) is 1. The number of methoxy groups -OCH3 is 1. The maximum Gasteiger partial charge on any atom is 0.0652 e. The van der Waals surface area contributed by atoms with Gasteiger partial charge in [0, 0.05) is 33.0 Å². The largest absolute Gasteiger partial charge is 0.383 e. The lowest BCUT2D eigenvalue weighted by molar-refractivity contribution is 0.200. The van der Waals surface area contributed by atoms with Crippen molar-refractivity contribution in [2.24, 2.45) is 10.8 Å². The van der Waals surface area contributed by atoms with E-state index in [1.54, 1.807) is 7.11 Å². The van der Waals surface area contributed by atoms with Crippen LogP contribution in [0.5, 0.6) is 0 Å². The average Bonchev–Trinajstić information content (AvgIpc) is 2.17. The number of hydrazone groups is 1. The first-order chi connectivity index (χ1) is 6.81. The second kappa shape index (κ2) is 10.4. The van der Waals surface area contributed by atoms with Crippen LogP contribution in [0.25, 0.3) is 0 Å². The van der Waals surface area contributed by atoms with Gasteiger partial charge in [0.1, 0.15) is 0 Å². The second-order valence-electron chi connectivity index (χ2n) is 3.09. The van der Waals surface area contributed by atoms with Crippen molar-refractivity contribution in [3.8, 4) is 0 Å². The van der Waals surface area contributed by atoms with Crippen LogP contribution in [0.3, 0.4) is 0 Å². The Morgan fingerprint density at radius 2 is 2.29 bits per heavy atom. The molecule has 0 aromatic carbocycles. The zero-order valence-corrected chi connectivity index (χ0v) is 9.20. The monoisotopic (exact) mass is 202 g/mol. The fourth-order valence-corrected chi connectivity index (χ4v) is 0.952. The van der Waals surface area contributed by atoms with E-state index in [2.05, 4.69) is 22.5 Å². The molecule has 0 aliphatic carbocycles. The Balaban J connectivity index is 3.17. The molecule has 0 aromatic heterocycles. The van der Waals surface area contributed by atoms with Gasteiger partial charge in [-0.15, -0.1) is 0 Å². The predicted molar refractivity (Wildman–Crippen MR) is 59.5 cm³/mol. The Kier molecular flexibility index (Phi) is 9.95. The van der Waals surface area contributed by atoms with E-state index in [-0.39, 0.29) is 0 Å². The number of nitrogens with one attached hydrogen (secondary N) is 1. The summed E-state index contributed by atoms with van der Waals surface area (Å²) < 4.78 is 4.86. The maximum absolute atomic E-state index is 5.41. The van der Waals surface area contributed by atoms with E-state index in [4.69, 9.17) is 10.5 Å². The first-order valence-corrected chi connectivity index (χ1v) is 4.93. The Morgan fingerprint density at radius 1 is 1.50 bits per heavy atom. The number of nitrogens with zero attached hydrogens (tertiary/aromatic N) is 2. The highest BCUT2D eigenvalue weighted by Gasteiger charge is 1.92. The van der Waals surface area contributed by atoms with Gasteiger partial charge >= 0.3 is 0 Å². The van der Waals surface area contributed by atoms with Crippen molar-refractivity contribution >= 4 is 6.21 Å². The summed E-state index contributed by atoms with van der Waals surface area (Å²) in [5.41, 5.74) is 8.31. The van der Waals surface area contributed by atoms with Gasteiger partial charge in [0.15, 0.2) is 0 Å². The zero-order chi connectivity index (χ0) is 10.6. The van der Waals surface area contributed by atoms with Crippen LogP contribution in [0, 0.1) is 0 Å². The molecule has 0 spiro atoms. The molecule has 5 heteroatoms. The molecule has 0 saturated heterocycles. The lowest BCUT2D eigenvalue weighted by atomic mass is 10.4. The summed E-state index contributed by atoms with van der Waals surface area (Å²) in [5, 5.41) is 4.03. The first-order valence-electron chi connectivity index (χ1n) is 4.93. The van der Waals surface area contributed by atoms with E-state index in [0.717, 1.165) is 26.1 Å². The van der Waals surface area contributed by atoms with Crippen LogP contribution >= 0.6 is 0 Å². The van der Waals surface area contributed by atoms with Crippen LogP contribution < -0.4 is 11.2 Å². The molecule has 0 fully saturated rings. The molecule has 0 aliphatic rings. The van der Waals surface area contributed by atoms with Crippen LogP contribution in [0.4, 0.5) is 0 Å². The van der Waals surface area contributed by atoms with Gasteiger partial charge < -0.3 is 20.8 Å². The third-order valence-corrected chi connectivity index (χ3v) is 1.75. The van der Waals surface area contributed by atoms with Gasteiger partial charge in [0.2, 0.25) is 0 Å². The Bertz CT molecular complexity index is 141. The summed E-state index contributed by atoms with van der Waals surface area (Å²) in [5.74, 6) is 0. The minimum Gasteiger partial charge on any atom is -0.383 e. The minimum absolute atomic E-state index is 0.685. The molecule has 0 aromatic rings. The molecule has 0 aliphatic heterocycles. The van der Waals surface area contributed by atoms with Crippen molar-refractivity contribution in [3.05, 3.63) is 0 Å². The van der Waals surface area contributed by atoms with Crippen molar-refractivity contribution in [2.75, 3.05) is 46.9 Å². The highest BCUT2D eigenvalue weighted by molar-refractivity contribution is 5.56.